The van der Waals surface area contributed by atoms with Crippen LogP contribution in [0.2, 0.25) is 0 Å². The molecule has 0 spiro atoms. The van der Waals surface area contributed by atoms with E-state index in [0.717, 1.165) is 24.3 Å². The average molecular weight is 597 g/mol. The van der Waals surface area contributed by atoms with Gasteiger partial charge in [0.15, 0.2) is 0 Å². The summed E-state index contributed by atoms with van der Waals surface area (Å²) >= 11 is 0. The zero-order valence-electron chi connectivity index (χ0n) is 22.1. The van der Waals surface area contributed by atoms with Gasteiger partial charge in [0.2, 0.25) is 0 Å². The van der Waals surface area contributed by atoms with Crippen LogP contribution < -0.4 is 5.32 Å². The second-order valence-electron chi connectivity index (χ2n) is 9.86. The largest absolute Gasteiger partial charge is 0.478 e. The van der Waals surface area contributed by atoms with Crippen LogP contribution in [0, 0.1) is 0 Å². The van der Waals surface area contributed by atoms with E-state index in [1.54, 1.807) is 35.0 Å². The molecule has 1 amide bonds. The first kappa shape index (κ1) is 29.4. The van der Waals surface area contributed by atoms with Crippen LogP contribution in [0.5, 0.6) is 0 Å². The maximum atomic E-state index is 13.6. The number of nitrogens with zero attached hydrogens (tertiary/aromatic N) is 1. The Labute approximate surface area is 241 Å². The minimum atomic E-state index is -4.57. The number of aromatic carboxylic acids is 1. The molecule has 1 heterocycles. The van der Waals surface area contributed by atoms with Crippen LogP contribution in [0.15, 0.2) is 97.2 Å². The zero-order valence-corrected chi connectivity index (χ0v) is 22.1. The number of halogens is 6. The first-order valence-corrected chi connectivity index (χ1v) is 12.9. The lowest BCUT2D eigenvalue weighted by atomic mass is 9.98. The smallest absolute Gasteiger partial charge is 0.416 e. The number of hydrogen-bond acceptors (Lipinski definition) is 2. The van der Waals surface area contributed by atoms with Crippen LogP contribution in [-0.4, -0.2) is 21.6 Å². The number of benzene rings is 4. The number of carboxylic acids is 1. The van der Waals surface area contributed by atoms with Crippen LogP contribution in [-0.2, 0) is 25.4 Å². The monoisotopic (exact) mass is 596 g/mol. The molecular weight excluding hydrogens is 574 g/mol. The van der Waals surface area contributed by atoms with E-state index in [2.05, 4.69) is 5.32 Å². The molecule has 0 radical (unpaired) electrons. The predicted octanol–water partition coefficient (Wildman–Crippen LogP) is 8.02. The maximum absolute atomic E-state index is 13.6. The Morgan fingerprint density at radius 1 is 0.721 bits per heavy atom. The van der Waals surface area contributed by atoms with Crippen LogP contribution >= 0.6 is 0 Å². The molecule has 0 unspecified atom stereocenters. The van der Waals surface area contributed by atoms with Crippen molar-refractivity contribution < 1.29 is 41.0 Å². The van der Waals surface area contributed by atoms with Gasteiger partial charge in [0.1, 0.15) is 0 Å². The molecule has 4 aromatic carbocycles. The van der Waals surface area contributed by atoms with Crippen LogP contribution in [0.3, 0.4) is 0 Å². The summed E-state index contributed by atoms with van der Waals surface area (Å²) in [6.45, 7) is 0.162. The highest BCUT2D eigenvalue weighted by Gasteiger charge is 2.31. The molecule has 0 atom stereocenters. The Kier molecular flexibility index (Phi) is 7.74. The van der Waals surface area contributed by atoms with Crippen molar-refractivity contribution >= 4 is 22.8 Å². The molecule has 11 heteroatoms. The van der Waals surface area contributed by atoms with Crippen molar-refractivity contribution in [1.29, 1.82) is 0 Å². The number of amides is 1. The summed E-state index contributed by atoms with van der Waals surface area (Å²) in [6.07, 6.45) is -7.40. The van der Waals surface area contributed by atoms with E-state index in [1.807, 2.05) is 0 Å². The van der Waals surface area contributed by atoms with Gasteiger partial charge in [0.25, 0.3) is 5.91 Å². The molecule has 0 aliphatic rings. The minimum absolute atomic E-state index is 0.0353. The lowest BCUT2D eigenvalue weighted by Crippen LogP contribution is -2.23. The third-order valence-corrected chi connectivity index (χ3v) is 6.92. The summed E-state index contributed by atoms with van der Waals surface area (Å²) in [7, 11) is 0. The molecule has 2 N–H and O–H groups in total. The molecule has 0 fully saturated rings. The van der Waals surface area contributed by atoms with E-state index in [1.165, 1.54) is 42.5 Å². The second kappa shape index (κ2) is 11.3. The topological polar surface area (TPSA) is 71.3 Å². The van der Waals surface area contributed by atoms with Gasteiger partial charge in [-0.3, -0.25) is 4.79 Å². The maximum Gasteiger partial charge on any atom is 0.416 e. The Hall–Kier alpha value is -5.06. The van der Waals surface area contributed by atoms with Crippen LogP contribution in [0.1, 0.15) is 43.0 Å². The summed E-state index contributed by atoms with van der Waals surface area (Å²) in [5.41, 5.74) is 0.773. The van der Waals surface area contributed by atoms with Gasteiger partial charge in [0.05, 0.1) is 27.8 Å². The average Bonchev–Trinajstić information content (AvgIpc) is 3.37. The Balaban J connectivity index is 1.53. The molecule has 0 saturated carbocycles. The summed E-state index contributed by atoms with van der Waals surface area (Å²) in [6, 6.07) is 20.0. The van der Waals surface area contributed by atoms with Gasteiger partial charge in [-0.1, -0.05) is 36.4 Å². The molecule has 5 nitrogen and oxygen atoms in total. The fraction of sp³-hybridized carbons (Fsp3) is 0.125. The SMILES string of the molecule is O=C(O)c1ccc(CNC(=O)c2cc(-c3cccc(C(F)(F)F)c3)cc3ccn(Cc4ccc(C(F)(F)F)cc4)c23)cc1. The number of carboxylic acid groups (broad SMARTS) is 1. The van der Waals surface area contributed by atoms with Crippen molar-refractivity contribution in [2.75, 3.05) is 0 Å². The molecule has 1 aromatic heterocycles. The first-order chi connectivity index (χ1) is 20.3. The predicted molar refractivity (Wildman–Crippen MR) is 147 cm³/mol. The third kappa shape index (κ3) is 6.56. The molecular formula is C32H22F6N2O3. The summed E-state index contributed by atoms with van der Waals surface area (Å²) in [5.74, 6) is -1.65. The Morgan fingerprint density at radius 3 is 2.00 bits per heavy atom. The van der Waals surface area contributed by atoms with E-state index in [0.29, 0.717) is 27.6 Å². The van der Waals surface area contributed by atoms with Gasteiger partial charge in [-0.25, -0.2) is 4.79 Å². The molecule has 5 aromatic rings. The van der Waals surface area contributed by atoms with E-state index in [4.69, 9.17) is 5.11 Å². The van der Waals surface area contributed by atoms with E-state index in [-0.39, 0.29) is 29.8 Å². The number of fused-ring (bicyclic) bond motifs is 1. The standard InChI is InChI=1S/C32H22F6N2O3/c33-31(34,35)25-10-6-20(7-11-25)18-40-13-12-23-14-24(22-2-1-3-26(15-22)32(36,37)38)16-27(28(23)40)29(41)39-17-19-4-8-21(9-5-19)30(42)43/h1-16H,17-18H2,(H,39,41)(H,42,43). The van der Waals surface area contributed by atoms with Crippen molar-refractivity contribution in [3.63, 3.8) is 0 Å². The molecule has 0 aliphatic carbocycles. The number of rotatable bonds is 7. The van der Waals surface area contributed by atoms with Crippen LogP contribution in [0.25, 0.3) is 22.0 Å². The summed E-state index contributed by atoms with van der Waals surface area (Å²) in [5, 5.41) is 12.4. The number of alkyl halides is 6. The fourth-order valence-electron chi connectivity index (χ4n) is 4.73. The second-order valence-corrected chi connectivity index (χ2v) is 9.86. The van der Waals surface area contributed by atoms with Gasteiger partial charge in [-0.15, -0.1) is 0 Å². The van der Waals surface area contributed by atoms with E-state index in [9.17, 15) is 35.9 Å². The van der Waals surface area contributed by atoms with Gasteiger partial charge in [-0.2, -0.15) is 26.3 Å². The lowest BCUT2D eigenvalue weighted by molar-refractivity contribution is -0.138. The number of carbonyl (C=O) groups excluding carboxylic acids is 1. The lowest BCUT2D eigenvalue weighted by Gasteiger charge is -2.14. The molecule has 220 valence electrons. The van der Waals surface area contributed by atoms with Gasteiger partial charge in [-0.05, 0) is 76.9 Å². The fourth-order valence-corrected chi connectivity index (χ4v) is 4.73. The number of aromatic nitrogens is 1. The number of carbonyl (C=O) groups is 2. The van der Waals surface area contributed by atoms with Crippen molar-refractivity contribution in [3.05, 3.63) is 131 Å². The molecule has 5 rings (SSSR count). The number of nitrogens with one attached hydrogen (secondary N) is 1. The van der Waals surface area contributed by atoms with Crippen molar-refractivity contribution in [3.8, 4) is 11.1 Å². The van der Waals surface area contributed by atoms with Crippen LogP contribution in [0.4, 0.5) is 26.3 Å². The van der Waals surface area contributed by atoms with E-state index >= 15 is 0 Å². The molecule has 43 heavy (non-hydrogen) atoms. The molecule has 0 aliphatic heterocycles. The summed E-state index contributed by atoms with van der Waals surface area (Å²) in [4.78, 5) is 24.7. The minimum Gasteiger partial charge on any atom is -0.478 e. The highest BCUT2D eigenvalue weighted by Crippen LogP contribution is 2.35. The number of hydrogen-bond donors (Lipinski definition) is 2. The highest BCUT2D eigenvalue weighted by atomic mass is 19.4. The third-order valence-electron chi connectivity index (χ3n) is 6.92. The van der Waals surface area contributed by atoms with Gasteiger partial charge in [0, 0.05) is 24.7 Å². The quantitative estimate of drug-likeness (QED) is 0.187. The van der Waals surface area contributed by atoms with E-state index < -0.39 is 35.4 Å². The highest BCUT2D eigenvalue weighted by molar-refractivity contribution is 6.08. The van der Waals surface area contributed by atoms with Crippen molar-refractivity contribution in [1.82, 2.24) is 9.88 Å². The van der Waals surface area contributed by atoms with Crippen molar-refractivity contribution in [2.45, 2.75) is 25.4 Å². The van der Waals surface area contributed by atoms with Gasteiger partial charge >= 0.3 is 18.3 Å². The Bertz CT molecular complexity index is 1800. The summed E-state index contributed by atoms with van der Waals surface area (Å²) < 4.78 is 81.0. The molecule has 0 saturated heterocycles. The normalized spacial score (nSPS) is 12.0. The Morgan fingerprint density at radius 2 is 1.37 bits per heavy atom. The first-order valence-electron chi connectivity index (χ1n) is 12.9. The zero-order chi connectivity index (χ0) is 30.9. The van der Waals surface area contributed by atoms with Gasteiger partial charge < -0.3 is 15.0 Å². The van der Waals surface area contributed by atoms with Crippen molar-refractivity contribution in [2.24, 2.45) is 0 Å². The molecule has 0 bridgehead atoms.